The van der Waals surface area contributed by atoms with E-state index >= 15 is 0 Å². The van der Waals surface area contributed by atoms with Crippen LogP contribution in [0.15, 0.2) is 0 Å². The minimum atomic E-state index is -0.109. The van der Waals surface area contributed by atoms with E-state index in [9.17, 15) is 5.11 Å². The third-order valence-corrected chi connectivity index (χ3v) is 6.31. The summed E-state index contributed by atoms with van der Waals surface area (Å²) in [5, 5.41) is 10.4. The largest absolute Gasteiger partial charge is 0.391 e. The van der Waals surface area contributed by atoms with Gasteiger partial charge in [-0.1, -0.05) is 20.3 Å². The molecule has 0 aromatic heterocycles. The number of hydrogen-bond acceptors (Lipinski definition) is 2. The summed E-state index contributed by atoms with van der Waals surface area (Å²) < 4.78 is 0. The van der Waals surface area contributed by atoms with E-state index in [4.69, 9.17) is 0 Å². The lowest BCUT2D eigenvalue weighted by Gasteiger charge is -2.43. The first-order valence-corrected chi connectivity index (χ1v) is 8.43. The first kappa shape index (κ1) is 13.9. The number of likely N-dealkylation sites (N-methyl/N-ethyl adjacent to an activating group) is 1. The van der Waals surface area contributed by atoms with Crippen LogP contribution in [0.4, 0.5) is 0 Å². The van der Waals surface area contributed by atoms with Crippen molar-refractivity contribution in [3.8, 4) is 0 Å². The smallest absolute Gasteiger partial charge is 0.0700 e. The van der Waals surface area contributed by atoms with Gasteiger partial charge in [0.2, 0.25) is 0 Å². The molecule has 110 valence electrons. The Labute approximate surface area is 118 Å². The second-order valence-corrected chi connectivity index (χ2v) is 7.99. The third-order valence-electron chi connectivity index (χ3n) is 6.31. The number of hydrogen-bond donors (Lipinski definition) is 1. The van der Waals surface area contributed by atoms with Crippen molar-refractivity contribution in [3.63, 3.8) is 0 Å². The van der Waals surface area contributed by atoms with Crippen LogP contribution in [-0.2, 0) is 0 Å². The molecule has 0 aromatic rings. The fraction of sp³-hybridized carbons (Fsp3) is 1.00. The number of rotatable bonds is 3. The van der Waals surface area contributed by atoms with Gasteiger partial charge in [0.25, 0.3) is 0 Å². The van der Waals surface area contributed by atoms with Gasteiger partial charge in [-0.05, 0) is 68.7 Å². The maximum atomic E-state index is 10.4. The zero-order chi connectivity index (χ0) is 13.6. The van der Waals surface area contributed by atoms with Crippen molar-refractivity contribution >= 4 is 0 Å². The monoisotopic (exact) mass is 265 g/mol. The van der Waals surface area contributed by atoms with E-state index in [-0.39, 0.29) is 6.10 Å². The normalized spacial score (nSPS) is 50.1. The molecule has 1 N–H and O–H groups in total. The molecule has 0 amide bonds. The standard InChI is InChI=1S/C17H31NO/c1-11-6-12(2)17(16(19)7-11)18(3)10-15-9-13-4-5-14(15)8-13/h11-17,19H,4-10H2,1-3H3. The molecular weight excluding hydrogens is 234 g/mol. The average molecular weight is 265 g/mol. The number of nitrogens with zero attached hydrogens (tertiary/aromatic N) is 1. The van der Waals surface area contributed by atoms with E-state index in [1.165, 1.54) is 38.6 Å². The summed E-state index contributed by atoms with van der Waals surface area (Å²) in [6.07, 6.45) is 8.09. The molecule has 0 radical (unpaired) electrons. The van der Waals surface area contributed by atoms with Gasteiger partial charge in [0.05, 0.1) is 6.10 Å². The van der Waals surface area contributed by atoms with Crippen LogP contribution in [0.3, 0.4) is 0 Å². The molecule has 0 spiro atoms. The minimum absolute atomic E-state index is 0.109. The molecule has 0 saturated heterocycles. The topological polar surface area (TPSA) is 23.5 Å². The van der Waals surface area contributed by atoms with Crippen molar-refractivity contribution in [2.24, 2.45) is 29.6 Å². The van der Waals surface area contributed by atoms with Crippen LogP contribution in [0.2, 0.25) is 0 Å². The highest BCUT2D eigenvalue weighted by atomic mass is 16.3. The van der Waals surface area contributed by atoms with Crippen LogP contribution in [0.5, 0.6) is 0 Å². The average Bonchev–Trinajstić information content (AvgIpc) is 2.89. The Morgan fingerprint density at radius 3 is 2.42 bits per heavy atom. The van der Waals surface area contributed by atoms with Crippen molar-refractivity contribution in [1.82, 2.24) is 4.90 Å². The lowest BCUT2D eigenvalue weighted by Crippen LogP contribution is -2.51. The second kappa shape index (κ2) is 5.37. The fourth-order valence-corrected chi connectivity index (χ4v) is 5.62. The van der Waals surface area contributed by atoms with E-state index in [0.29, 0.717) is 17.9 Å². The fourth-order valence-electron chi connectivity index (χ4n) is 5.62. The van der Waals surface area contributed by atoms with Crippen LogP contribution in [0, 0.1) is 29.6 Å². The molecule has 3 aliphatic carbocycles. The van der Waals surface area contributed by atoms with Gasteiger partial charge in [-0.25, -0.2) is 0 Å². The molecule has 0 aliphatic heterocycles. The summed E-state index contributed by atoms with van der Waals surface area (Å²) in [5.74, 6) is 4.29. The summed E-state index contributed by atoms with van der Waals surface area (Å²) in [7, 11) is 2.26. The molecular formula is C17H31NO. The van der Waals surface area contributed by atoms with Crippen LogP contribution in [0.25, 0.3) is 0 Å². The van der Waals surface area contributed by atoms with Gasteiger partial charge < -0.3 is 10.0 Å². The van der Waals surface area contributed by atoms with Crippen LogP contribution in [-0.4, -0.2) is 35.7 Å². The van der Waals surface area contributed by atoms with Crippen molar-refractivity contribution in [2.45, 2.75) is 64.5 Å². The van der Waals surface area contributed by atoms with E-state index < -0.39 is 0 Å². The van der Waals surface area contributed by atoms with Gasteiger partial charge >= 0.3 is 0 Å². The second-order valence-electron chi connectivity index (χ2n) is 7.99. The first-order chi connectivity index (χ1) is 9.04. The Morgan fingerprint density at radius 1 is 1.05 bits per heavy atom. The van der Waals surface area contributed by atoms with E-state index in [1.807, 2.05) is 0 Å². The van der Waals surface area contributed by atoms with Gasteiger partial charge in [-0.2, -0.15) is 0 Å². The summed E-state index contributed by atoms with van der Waals surface area (Å²) >= 11 is 0. The quantitative estimate of drug-likeness (QED) is 0.847. The maximum Gasteiger partial charge on any atom is 0.0700 e. The molecule has 3 rings (SSSR count). The molecule has 2 nitrogen and oxygen atoms in total. The van der Waals surface area contributed by atoms with Crippen molar-refractivity contribution < 1.29 is 5.11 Å². The molecule has 3 fully saturated rings. The molecule has 7 atom stereocenters. The Balaban J connectivity index is 1.58. The van der Waals surface area contributed by atoms with Gasteiger partial charge in [0, 0.05) is 12.6 Å². The molecule has 19 heavy (non-hydrogen) atoms. The molecule has 2 heteroatoms. The molecule has 7 unspecified atom stereocenters. The summed E-state index contributed by atoms with van der Waals surface area (Å²) in [6.45, 7) is 5.84. The molecule has 3 aliphatic rings. The summed E-state index contributed by atoms with van der Waals surface area (Å²) in [4.78, 5) is 2.51. The van der Waals surface area contributed by atoms with Crippen molar-refractivity contribution in [2.75, 3.05) is 13.6 Å². The minimum Gasteiger partial charge on any atom is -0.391 e. The summed E-state index contributed by atoms with van der Waals surface area (Å²) in [6, 6.07) is 0.398. The summed E-state index contributed by atoms with van der Waals surface area (Å²) in [5.41, 5.74) is 0. The predicted molar refractivity (Wildman–Crippen MR) is 78.9 cm³/mol. The predicted octanol–water partition coefficient (Wildman–Crippen LogP) is 3.15. The van der Waals surface area contributed by atoms with E-state index in [0.717, 1.165) is 24.2 Å². The van der Waals surface area contributed by atoms with E-state index in [2.05, 4.69) is 25.8 Å². The molecule has 2 bridgehead atoms. The Bertz CT molecular complexity index is 306. The molecule has 0 heterocycles. The van der Waals surface area contributed by atoms with Gasteiger partial charge in [0.15, 0.2) is 0 Å². The lowest BCUT2D eigenvalue weighted by atomic mass is 9.77. The zero-order valence-electron chi connectivity index (χ0n) is 12.9. The Kier molecular flexibility index (Phi) is 3.92. The van der Waals surface area contributed by atoms with Crippen molar-refractivity contribution in [3.05, 3.63) is 0 Å². The van der Waals surface area contributed by atoms with Crippen LogP contribution < -0.4 is 0 Å². The van der Waals surface area contributed by atoms with Gasteiger partial charge in [0.1, 0.15) is 0 Å². The highest BCUT2D eigenvalue weighted by molar-refractivity contribution is 4.94. The Morgan fingerprint density at radius 2 is 1.84 bits per heavy atom. The highest BCUT2D eigenvalue weighted by Gasteiger charge is 2.42. The lowest BCUT2D eigenvalue weighted by molar-refractivity contribution is -0.0216. The van der Waals surface area contributed by atoms with Gasteiger partial charge in [-0.15, -0.1) is 0 Å². The highest BCUT2D eigenvalue weighted by Crippen LogP contribution is 2.48. The number of aliphatic hydroxyl groups is 1. The number of fused-ring (bicyclic) bond motifs is 2. The van der Waals surface area contributed by atoms with Crippen molar-refractivity contribution in [1.29, 1.82) is 0 Å². The Hall–Kier alpha value is -0.0800. The zero-order valence-corrected chi connectivity index (χ0v) is 12.9. The van der Waals surface area contributed by atoms with Crippen LogP contribution >= 0.6 is 0 Å². The SMILES string of the molecule is CC1CC(C)C(N(C)CC2CC3CCC2C3)C(O)C1. The first-order valence-electron chi connectivity index (χ1n) is 8.43. The third kappa shape index (κ3) is 2.71. The molecule has 3 saturated carbocycles. The van der Waals surface area contributed by atoms with E-state index in [1.54, 1.807) is 0 Å². The number of aliphatic hydroxyl groups excluding tert-OH is 1. The van der Waals surface area contributed by atoms with Crippen LogP contribution in [0.1, 0.15) is 52.4 Å². The van der Waals surface area contributed by atoms with Gasteiger partial charge in [-0.3, -0.25) is 0 Å². The molecule has 0 aromatic carbocycles. The maximum absolute atomic E-state index is 10.4.